The Bertz CT molecular complexity index is 658. The molecule has 0 bridgehead atoms. The van der Waals surface area contributed by atoms with Crippen LogP contribution in [-0.2, 0) is 16.1 Å². The first-order valence-electron chi connectivity index (χ1n) is 10.0. The Morgan fingerprint density at radius 3 is 2.81 bits per heavy atom. The first-order chi connectivity index (χ1) is 13.1. The van der Waals surface area contributed by atoms with Crippen LogP contribution >= 0.6 is 0 Å². The lowest BCUT2D eigenvalue weighted by Gasteiger charge is -2.34. The van der Waals surface area contributed by atoms with Gasteiger partial charge in [0, 0.05) is 64.0 Å². The number of aromatic nitrogens is 1. The molecule has 0 saturated carbocycles. The van der Waals surface area contributed by atoms with E-state index in [1.807, 2.05) is 23.2 Å². The van der Waals surface area contributed by atoms with Crippen LogP contribution in [0.2, 0.25) is 0 Å². The highest BCUT2D eigenvalue weighted by molar-refractivity contribution is 5.83. The van der Waals surface area contributed by atoms with Crippen LogP contribution in [0, 0.1) is 5.92 Å². The van der Waals surface area contributed by atoms with Crippen molar-refractivity contribution in [1.82, 2.24) is 20.1 Å². The third kappa shape index (κ3) is 4.97. The maximum atomic E-state index is 12.7. The van der Waals surface area contributed by atoms with E-state index < -0.39 is 0 Å². The lowest BCUT2D eigenvalue weighted by atomic mass is 9.96. The van der Waals surface area contributed by atoms with Crippen molar-refractivity contribution in [2.45, 2.75) is 32.7 Å². The Hall–Kier alpha value is -2.15. The molecule has 2 amide bonds. The molecule has 3 rings (SSSR count). The lowest BCUT2D eigenvalue weighted by molar-refractivity contribution is -0.138. The monoisotopic (exact) mass is 373 g/mol. The third-order valence-electron chi connectivity index (χ3n) is 5.49. The highest BCUT2D eigenvalue weighted by atomic mass is 16.2. The smallest absolute Gasteiger partial charge is 0.225 e. The fourth-order valence-electron chi connectivity index (χ4n) is 3.81. The van der Waals surface area contributed by atoms with Gasteiger partial charge in [-0.3, -0.25) is 9.59 Å². The molecule has 2 aliphatic heterocycles. The number of hydrogen-bond acceptors (Lipinski definition) is 5. The van der Waals surface area contributed by atoms with Gasteiger partial charge in [0.05, 0.1) is 5.92 Å². The van der Waals surface area contributed by atoms with Crippen LogP contribution in [0.3, 0.4) is 0 Å². The maximum Gasteiger partial charge on any atom is 0.225 e. The van der Waals surface area contributed by atoms with E-state index in [0.717, 1.165) is 50.5 Å². The quantitative estimate of drug-likeness (QED) is 0.809. The molecule has 3 heterocycles. The summed E-state index contributed by atoms with van der Waals surface area (Å²) in [5.74, 6) is 1.07. The summed E-state index contributed by atoms with van der Waals surface area (Å²) in [6, 6.07) is 3.96. The highest BCUT2D eigenvalue weighted by Crippen LogP contribution is 2.21. The second-order valence-electron chi connectivity index (χ2n) is 7.57. The summed E-state index contributed by atoms with van der Waals surface area (Å²) in [5, 5.41) is 3.08. The molecule has 7 heteroatoms. The molecule has 1 aromatic rings. The number of nitrogens with zero attached hydrogens (tertiary/aromatic N) is 4. The van der Waals surface area contributed by atoms with Crippen molar-refractivity contribution in [3.05, 3.63) is 23.9 Å². The van der Waals surface area contributed by atoms with Gasteiger partial charge in [-0.2, -0.15) is 0 Å². The van der Waals surface area contributed by atoms with Crippen molar-refractivity contribution in [2.75, 3.05) is 51.2 Å². The van der Waals surface area contributed by atoms with Gasteiger partial charge < -0.3 is 20.0 Å². The zero-order chi connectivity index (χ0) is 19.2. The number of carbonyl (C=O) groups is 2. The SMILES string of the molecule is CCCN1C[C@H](C(=O)NCc2cccnc2N2CCN(C)CC2)CCC1=O. The summed E-state index contributed by atoms with van der Waals surface area (Å²) in [5.41, 5.74) is 1.05. The van der Waals surface area contributed by atoms with Crippen LogP contribution in [0.1, 0.15) is 31.7 Å². The van der Waals surface area contributed by atoms with E-state index in [9.17, 15) is 9.59 Å². The second kappa shape index (κ2) is 9.17. The summed E-state index contributed by atoms with van der Waals surface area (Å²) < 4.78 is 0. The molecule has 1 aromatic heterocycles. The van der Waals surface area contributed by atoms with Gasteiger partial charge in [0.1, 0.15) is 5.82 Å². The molecule has 2 fully saturated rings. The van der Waals surface area contributed by atoms with Gasteiger partial charge in [-0.15, -0.1) is 0 Å². The lowest BCUT2D eigenvalue weighted by Crippen LogP contribution is -2.46. The van der Waals surface area contributed by atoms with Crippen molar-refractivity contribution in [3.63, 3.8) is 0 Å². The van der Waals surface area contributed by atoms with Gasteiger partial charge >= 0.3 is 0 Å². The van der Waals surface area contributed by atoms with E-state index >= 15 is 0 Å². The largest absolute Gasteiger partial charge is 0.354 e. The maximum absolute atomic E-state index is 12.7. The Morgan fingerprint density at radius 2 is 2.07 bits per heavy atom. The molecule has 2 saturated heterocycles. The number of carbonyl (C=O) groups excluding carboxylic acids is 2. The Labute approximate surface area is 161 Å². The van der Waals surface area contributed by atoms with Crippen molar-refractivity contribution in [3.8, 4) is 0 Å². The molecular weight excluding hydrogens is 342 g/mol. The topological polar surface area (TPSA) is 68.8 Å². The zero-order valence-corrected chi connectivity index (χ0v) is 16.5. The highest BCUT2D eigenvalue weighted by Gasteiger charge is 2.29. The van der Waals surface area contributed by atoms with Gasteiger partial charge in [0.2, 0.25) is 11.8 Å². The first kappa shape index (κ1) is 19.6. The van der Waals surface area contributed by atoms with Crippen LogP contribution in [0.5, 0.6) is 0 Å². The molecule has 0 radical (unpaired) electrons. The van der Waals surface area contributed by atoms with Crippen molar-refractivity contribution < 1.29 is 9.59 Å². The van der Waals surface area contributed by atoms with E-state index in [4.69, 9.17) is 0 Å². The minimum Gasteiger partial charge on any atom is -0.354 e. The average Bonchev–Trinajstić information content (AvgIpc) is 2.69. The van der Waals surface area contributed by atoms with E-state index in [0.29, 0.717) is 25.9 Å². The Kier molecular flexibility index (Phi) is 6.66. The minimum atomic E-state index is -0.113. The standard InChI is InChI=1S/C20H31N5O2/c1-3-9-25-15-17(6-7-18(25)26)20(27)22-14-16-5-4-8-21-19(16)24-12-10-23(2)11-13-24/h4-5,8,17H,3,6-7,9-15H2,1-2H3,(H,22,27)/t17-/m1/s1. The fourth-order valence-corrected chi connectivity index (χ4v) is 3.81. The molecule has 27 heavy (non-hydrogen) atoms. The number of amides is 2. The molecule has 2 aliphatic rings. The van der Waals surface area contributed by atoms with Crippen molar-refractivity contribution in [2.24, 2.45) is 5.92 Å². The van der Waals surface area contributed by atoms with Gasteiger partial charge in [0.15, 0.2) is 0 Å². The molecular formula is C20H31N5O2. The predicted octanol–water partition coefficient (Wildman–Crippen LogP) is 1.10. The molecule has 0 aliphatic carbocycles. The number of rotatable bonds is 6. The van der Waals surface area contributed by atoms with E-state index in [2.05, 4.69) is 34.1 Å². The van der Waals surface area contributed by atoms with Crippen LogP contribution in [0.4, 0.5) is 5.82 Å². The number of likely N-dealkylation sites (tertiary alicyclic amines) is 1. The summed E-state index contributed by atoms with van der Waals surface area (Å²) in [6.07, 6.45) is 3.85. The predicted molar refractivity (Wildman–Crippen MR) is 105 cm³/mol. The summed E-state index contributed by atoms with van der Waals surface area (Å²) >= 11 is 0. The molecule has 1 atom stereocenters. The number of pyridine rings is 1. The van der Waals surface area contributed by atoms with Crippen molar-refractivity contribution >= 4 is 17.6 Å². The fraction of sp³-hybridized carbons (Fsp3) is 0.650. The normalized spacial score (nSPS) is 21.4. The van der Waals surface area contributed by atoms with Crippen LogP contribution < -0.4 is 10.2 Å². The Morgan fingerprint density at radius 1 is 1.30 bits per heavy atom. The summed E-state index contributed by atoms with van der Waals surface area (Å²) in [6.45, 7) is 7.75. The second-order valence-corrected chi connectivity index (χ2v) is 7.57. The summed E-state index contributed by atoms with van der Waals surface area (Å²) in [4.78, 5) is 35.6. The number of piperazine rings is 1. The number of nitrogens with one attached hydrogen (secondary N) is 1. The van der Waals surface area contributed by atoms with E-state index in [-0.39, 0.29) is 17.7 Å². The van der Waals surface area contributed by atoms with Gasteiger partial charge in [-0.25, -0.2) is 4.98 Å². The zero-order valence-electron chi connectivity index (χ0n) is 16.5. The number of anilines is 1. The van der Waals surface area contributed by atoms with Crippen LogP contribution in [-0.4, -0.2) is 72.9 Å². The summed E-state index contributed by atoms with van der Waals surface area (Å²) in [7, 11) is 2.13. The minimum absolute atomic E-state index is 0.0387. The number of likely N-dealkylation sites (N-methyl/N-ethyl adjacent to an activating group) is 1. The van der Waals surface area contributed by atoms with Crippen LogP contribution in [0.15, 0.2) is 18.3 Å². The van der Waals surface area contributed by atoms with Gasteiger partial charge in [0.25, 0.3) is 0 Å². The molecule has 7 nitrogen and oxygen atoms in total. The molecule has 1 N–H and O–H groups in total. The first-order valence-corrected chi connectivity index (χ1v) is 10.0. The molecule has 0 aromatic carbocycles. The van der Waals surface area contributed by atoms with E-state index in [1.165, 1.54) is 0 Å². The average molecular weight is 374 g/mol. The molecule has 0 unspecified atom stereocenters. The number of piperidine rings is 1. The third-order valence-corrected chi connectivity index (χ3v) is 5.49. The molecule has 0 spiro atoms. The molecule has 148 valence electrons. The van der Waals surface area contributed by atoms with Crippen molar-refractivity contribution in [1.29, 1.82) is 0 Å². The number of hydrogen-bond donors (Lipinski definition) is 1. The van der Waals surface area contributed by atoms with E-state index in [1.54, 1.807) is 0 Å². The van der Waals surface area contributed by atoms with Crippen LogP contribution in [0.25, 0.3) is 0 Å². The Balaban J connectivity index is 1.58. The van der Waals surface area contributed by atoms with Gasteiger partial charge in [-0.1, -0.05) is 13.0 Å². The van der Waals surface area contributed by atoms with Gasteiger partial charge in [-0.05, 0) is 26.0 Å².